The number of anilines is 1. The molecule has 32 heavy (non-hydrogen) atoms. The molecule has 0 aromatic heterocycles. The molecule has 1 aliphatic heterocycles. The van der Waals surface area contributed by atoms with Gasteiger partial charge < -0.3 is 25.6 Å². The predicted octanol–water partition coefficient (Wildman–Crippen LogP) is 3.44. The molecule has 0 atom stereocenters. The van der Waals surface area contributed by atoms with E-state index >= 15 is 0 Å². The van der Waals surface area contributed by atoms with Gasteiger partial charge in [0.1, 0.15) is 5.60 Å². The molecule has 8 nitrogen and oxygen atoms in total. The van der Waals surface area contributed by atoms with Crippen LogP contribution in [0, 0.1) is 0 Å². The quantitative estimate of drug-likeness (QED) is 0.206. The van der Waals surface area contributed by atoms with Crippen molar-refractivity contribution in [2.45, 2.75) is 65.0 Å². The Bertz CT molecular complexity index is 805. The number of halogens is 1. The van der Waals surface area contributed by atoms with Crippen LogP contribution in [-0.4, -0.2) is 55.8 Å². The number of benzene rings is 1. The Morgan fingerprint density at radius 1 is 1.12 bits per heavy atom. The third-order valence-electron chi connectivity index (χ3n) is 4.81. The molecule has 0 aliphatic carbocycles. The zero-order chi connectivity index (χ0) is 23.1. The molecule has 0 spiro atoms. The molecule has 180 valence electrons. The largest absolute Gasteiger partial charge is 0.444 e. The second-order valence-corrected chi connectivity index (χ2v) is 9.39. The van der Waals surface area contributed by atoms with Crippen LogP contribution in [0.1, 0.15) is 53.0 Å². The first kappa shape index (κ1) is 28.0. The van der Waals surface area contributed by atoms with E-state index < -0.39 is 17.2 Å². The van der Waals surface area contributed by atoms with Crippen molar-refractivity contribution in [1.29, 1.82) is 0 Å². The number of ether oxygens (including phenoxy) is 1. The van der Waals surface area contributed by atoms with E-state index in [1.807, 2.05) is 57.7 Å². The lowest BCUT2D eigenvalue weighted by Crippen LogP contribution is -2.54. The summed E-state index contributed by atoms with van der Waals surface area (Å²) in [5, 5.41) is 9.29. The van der Waals surface area contributed by atoms with E-state index in [-0.39, 0.29) is 29.9 Å². The summed E-state index contributed by atoms with van der Waals surface area (Å²) in [6, 6.07) is 8.08. The van der Waals surface area contributed by atoms with Crippen LogP contribution in [0.25, 0.3) is 0 Å². The zero-order valence-corrected chi connectivity index (χ0v) is 22.4. The minimum Gasteiger partial charge on any atom is -0.444 e. The monoisotopic (exact) mass is 559 g/mol. The summed E-state index contributed by atoms with van der Waals surface area (Å²) in [4.78, 5) is 30.7. The summed E-state index contributed by atoms with van der Waals surface area (Å²) in [5.41, 5.74) is 1.21. The predicted molar refractivity (Wildman–Crippen MR) is 140 cm³/mol. The molecule has 0 saturated heterocycles. The molecule has 0 radical (unpaired) electrons. The molecule has 2 amide bonds. The second-order valence-electron chi connectivity index (χ2n) is 9.39. The van der Waals surface area contributed by atoms with Gasteiger partial charge in [-0.2, -0.15) is 0 Å². The van der Waals surface area contributed by atoms with Gasteiger partial charge in [0.15, 0.2) is 5.96 Å². The Labute approximate surface area is 209 Å². The van der Waals surface area contributed by atoms with Gasteiger partial charge in [-0.05, 0) is 59.1 Å². The van der Waals surface area contributed by atoms with Gasteiger partial charge in [0.05, 0.1) is 5.54 Å². The highest BCUT2D eigenvalue weighted by Crippen LogP contribution is 2.27. The van der Waals surface area contributed by atoms with Crippen molar-refractivity contribution in [3.63, 3.8) is 0 Å². The highest BCUT2D eigenvalue weighted by Gasteiger charge is 2.25. The topological polar surface area (TPSA) is 95.1 Å². The van der Waals surface area contributed by atoms with Gasteiger partial charge in [-0.3, -0.25) is 9.79 Å². The average Bonchev–Trinajstić information content (AvgIpc) is 3.09. The summed E-state index contributed by atoms with van der Waals surface area (Å²) in [5.74, 6) is 0.774. The van der Waals surface area contributed by atoms with Gasteiger partial charge in [-0.15, -0.1) is 24.0 Å². The van der Waals surface area contributed by atoms with Gasteiger partial charge in [0.25, 0.3) is 0 Å². The first-order chi connectivity index (χ1) is 14.5. The molecule has 2 rings (SSSR count). The van der Waals surface area contributed by atoms with Crippen LogP contribution in [0.2, 0.25) is 0 Å². The van der Waals surface area contributed by atoms with Crippen molar-refractivity contribution < 1.29 is 14.3 Å². The van der Waals surface area contributed by atoms with Crippen LogP contribution in [0.15, 0.2) is 29.3 Å². The van der Waals surface area contributed by atoms with Crippen LogP contribution in [0.5, 0.6) is 0 Å². The molecule has 3 N–H and O–H groups in total. The maximum atomic E-state index is 12.6. The minimum absolute atomic E-state index is 0. The lowest BCUT2D eigenvalue weighted by molar-refractivity contribution is -0.118. The number of nitrogens with one attached hydrogen (secondary N) is 3. The first-order valence-corrected chi connectivity index (χ1v) is 10.8. The second kappa shape index (κ2) is 12.3. The van der Waals surface area contributed by atoms with E-state index in [1.54, 1.807) is 7.05 Å². The molecule has 1 aromatic rings. The number of carbonyl (C=O) groups is 2. The maximum Gasteiger partial charge on any atom is 0.408 e. The third-order valence-corrected chi connectivity index (χ3v) is 4.81. The van der Waals surface area contributed by atoms with E-state index in [0.29, 0.717) is 31.9 Å². The van der Waals surface area contributed by atoms with E-state index in [9.17, 15) is 9.59 Å². The number of fused-ring (bicyclic) bond motifs is 1. The normalized spacial score (nSPS) is 13.7. The SMILES string of the molecule is CN=C(NCCCC(=O)N1CCc2ccccc21)NCC(C)(C)NC(=O)OC(C)(C)C.I. The van der Waals surface area contributed by atoms with Crippen molar-refractivity contribution in [2.75, 3.05) is 31.6 Å². The van der Waals surface area contributed by atoms with Crippen molar-refractivity contribution >= 4 is 47.6 Å². The van der Waals surface area contributed by atoms with Crippen LogP contribution in [-0.2, 0) is 16.0 Å². The molecule has 1 heterocycles. The summed E-state index contributed by atoms with van der Waals surface area (Å²) >= 11 is 0. The van der Waals surface area contributed by atoms with Crippen LogP contribution in [0.3, 0.4) is 0 Å². The van der Waals surface area contributed by atoms with E-state index in [0.717, 1.165) is 18.7 Å². The molecule has 0 unspecified atom stereocenters. The fourth-order valence-electron chi connectivity index (χ4n) is 3.33. The molecule has 0 fully saturated rings. The highest BCUT2D eigenvalue weighted by molar-refractivity contribution is 14.0. The Morgan fingerprint density at radius 2 is 1.81 bits per heavy atom. The molecule has 1 aromatic carbocycles. The highest BCUT2D eigenvalue weighted by atomic mass is 127. The number of alkyl carbamates (subject to hydrolysis) is 1. The molecule has 0 bridgehead atoms. The van der Waals surface area contributed by atoms with Crippen molar-refractivity contribution in [2.24, 2.45) is 4.99 Å². The molecule has 1 aliphatic rings. The Morgan fingerprint density at radius 3 is 2.47 bits per heavy atom. The number of para-hydroxylation sites is 1. The zero-order valence-electron chi connectivity index (χ0n) is 20.1. The lowest BCUT2D eigenvalue weighted by atomic mass is 10.1. The van der Waals surface area contributed by atoms with Crippen molar-refractivity contribution in [3.8, 4) is 0 Å². The van der Waals surface area contributed by atoms with Gasteiger partial charge in [0.2, 0.25) is 5.91 Å². The smallest absolute Gasteiger partial charge is 0.408 e. The lowest BCUT2D eigenvalue weighted by Gasteiger charge is -2.29. The number of amides is 2. The molecular weight excluding hydrogens is 521 g/mol. The summed E-state index contributed by atoms with van der Waals surface area (Å²) in [7, 11) is 1.69. The number of rotatable bonds is 7. The van der Waals surface area contributed by atoms with Crippen molar-refractivity contribution in [3.05, 3.63) is 29.8 Å². The van der Waals surface area contributed by atoms with Gasteiger partial charge >= 0.3 is 6.09 Å². The van der Waals surface area contributed by atoms with Crippen LogP contribution >= 0.6 is 24.0 Å². The third kappa shape index (κ3) is 9.22. The van der Waals surface area contributed by atoms with Crippen LogP contribution < -0.4 is 20.9 Å². The minimum atomic E-state index is -0.542. The van der Waals surface area contributed by atoms with E-state index in [1.165, 1.54) is 5.56 Å². The number of aliphatic imine (C=N–C) groups is 1. The summed E-state index contributed by atoms with van der Waals surface area (Å²) in [6.45, 7) is 11.2. The van der Waals surface area contributed by atoms with Gasteiger partial charge in [-0.1, -0.05) is 18.2 Å². The Hall–Kier alpha value is -2.04. The number of hydrogen-bond donors (Lipinski definition) is 3. The molecule has 0 saturated carbocycles. The fraction of sp³-hybridized carbons (Fsp3) is 0.609. The maximum absolute atomic E-state index is 12.6. The first-order valence-electron chi connectivity index (χ1n) is 10.8. The summed E-state index contributed by atoms with van der Waals surface area (Å²) in [6.07, 6.45) is 1.65. The Kier molecular flexibility index (Phi) is 10.7. The van der Waals surface area contributed by atoms with Gasteiger partial charge in [-0.25, -0.2) is 4.79 Å². The van der Waals surface area contributed by atoms with Crippen LogP contribution in [0.4, 0.5) is 10.5 Å². The number of carbonyl (C=O) groups excluding carboxylic acids is 2. The Balaban J connectivity index is 0.00000512. The number of hydrogen-bond acceptors (Lipinski definition) is 4. The average molecular weight is 559 g/mol. The summed E-state index contributed by atoms with van der Waals surface area (Å²) < 4.78 is 5.31. The number of guanidine groups is 1. The molecular formula is C23H38IN5O3. The standard InChI is InChI=1S/C23H37N5O3.HI/c1-22(2,3)31-21(30)27-23(4,5)16-26-20(24-6)25-14-9-12-19(29)28-15-13-17-10-7-8-11-18(17)28;/h7-8,10-11H,9,12-16H2,1-6H3,(H,27,30)(H2,24,25,26);1H. The molecule has 9 heteroatoms. The number of nitrogens with zero attached hydrogens (tertiary/aromatic N) is 2. The van der Waals surface area contributed by atoms with Gasteiger partial charge in [0, 0.05) is 38.8 Å². The fourth-order valence-corrected chi connectivity index (χ4v) is 3.33. The van der Waals surface area contributed by atoms with Crippen molar-refractivity contribution in [1.82, 2.24) is 16.0 Å². The van der Waals surface area contributed by atoms with E-state index in [2.05, 4.69) is 27.0 Å². The van der Waals surface area contributed by atoms with E-state index in [4.69, 9.17) is 4.74 Å².